The van der Waals surface area contributed by atoms with Gasteiger partial charge in [-0.1, -0.05) is 76.2 Å². The zero-order chi connectivity index (χ0) is 33.2. The molecule has 0 atom stereocenters. The number of pyridine rings is 1. The van der Waals surface area contributed by atoms with Gasteiger partial charge in [0.05, 0.1) is 39.3 Å². The first-order valence-electron chi connectivity index (χ1n) is 16.7. The average Bonchev–Trinajstić information content (AvgIpc) is 3.79. The lowest BCUT2D eigenvalue weighted by molar-refractivity contribution is -0.594. The maximum atomic E-state index is 11.7. The largest absolute Gasteiger partial charge is 0.505 e. The molecule has 7 heteroatoms. The van der Waals surface area contributed by atoms with Crippen LogP contribution in [0.25, 0.3) is 55.4 Å². The standard InChI is InChI=1S/C42H33N5O2/c1-41(2)30-18-13-21-33-35(30)47-38(42(41,3)4)40(43-39(47)36-37(48)29-17-7-9-20-32(29)46(33)36)49-27-15-12-14-26(24-27)45-25-34(44-22-10-5-11-23-44)28-16-6-8-19-31(28)45/h5-25H,1-4H3/p+1. The predicted molar refractivity (Wildman–Crippen MR) is 194 cm³/mol. The molecule has 9 aromatic rings. The summed E-state index contributed by atoms with van der Waals surface area (Å²) < 4.78 is 15.6. The highest BCUT2D eigenvalue weighted by Crippen LogP contribution is 2.54. The molecule has 0 spiro atoms. The topological polar surface area (TPSA) is 60.0 Å². The highest BCUT2D eigenvalue weighted by atomic mass is 16.5. The molecular weight excluding hydrogens is 606 g/mol. The van der Waals surface area contributed by atoms with Crippen molar-refractivity contribution in [3.8, 4) is 28.8 Å². The molecule has 10 rings (SSSR count). The van der Waals surface area contributed by atoms with E-state index in [0.717, 1.165) is 49.9 Å². The van der Waals surface area contributed by atoms with Gasteiger partial charge in [-0.05, 0) is 48.0 Å². The third-order valence-corrected chi connectivity index (χ3v) is 11.2. The summed E-state index contributed by atoms with van der Waals surface area (Å²) in [6.07, 6.45) is 6.32. The van der Waals surface area contributed by atoms with Crippen molar-refractivity contribution in [1.29, 1.82) is 0 Å². The maximum Gasteiger partial charge on any atom is 0.242 e. The second-order valence-electron chi connectivity index (χ2n) is 14.2. The molecule has 238 valence electrons. The number of benzene rings is 4. The molecule has 0 bridgehead atoms. The summed E-state index contributed by atoms with van der Waals surface area (Å²) in [6.45, 7) is 9.16. The van der Waals surface area contributed by atoms with E-state index in [4.69, 9.17) is 9.72 Å². The summed E-state index contributed by atoms with van der Waals surface area (Å²) in [5, 5.41) is 13.7. The SMILES string of the molecule is CC1(C)c2cccc3c2n2c(c(Oc4cccc(-n5cc(-[n+]6ccccc6)c6ccccc65)c4)nc2c2c(O)c4ccccc4n32)C1(C)C. The molecule has 1 N–H and O–H groups in total. The maximum absolute atomic E-state index is 11.7. The molecule has 5 aromatic heterocycles. The van der Waals surface area contributed by atoms with Crippen LogP contribution in [-0.4, -0.2) is 23.5 Å². The lowest BCUT2D eigenvalue weighted by Gasteiger charge is -2.45. The van der Waals surface area contributed by atoms with Crippen molar-refractivity contribution in [1.82, 2.24) is 18.4 Å². The second kappa shape index (κ2) is 9.51. The summed E-state index contributed by atoms with van der Waals surface area (Å²) in [6, 6.07) is 37.3. The quantitative estimate of drug-likeness (QED) is 0.195. The van der Waals surface area contributed by atoms with Crippen LogP contribution < -0.4 is 9.30 Å². The average molecular weight is 641 g/mol. The van der Waals surface area contributed by atoms with E-state index < -0.39 is 0 Å². The van der Waals surface area contributed by atoms with E-state index in [9.17, 15) is 5.11 Å². The number of hydrogen-bond acceptors (Lipinski definition) is 3. The van der Waals surface area contributed by atoms with Crippen LogP contribution in [0, 0.1) is 0 Å². The molecule has 0 aliphatic carbocycles. The van der Waals surface area contributed by atoms with Crippen LogP contribution in [0.15, 0.2) is 128 Å². The Morgan fingerprint density at radius 1 is 0.673 bits per heavy atom. The molecule has 0 saturated carbocycles. The van der Waals surface area contributed by atoms with Crippen molar-refractivity contribution in [3.63, 3.8) is 0 Å². The third kappa shape index (κ3) is 3.56. The molecule has 0 unspecified atom stereocenters. The smallest absolute Gasteiger partial charge is 0.242 e. The Hall–Kier alpha value is -6.08. The van der Waals surface area contributed by atoms with Crippen molar-refractivity contribution in [2.45, 2.75) is 38.5 Å². The summed E-state index contributed by atoms with van der Waals surface area (Å²) in [7, 11) is 0. The van der Waals surface area contributed by atoms with Crippen molar-refractivity contribution in [2.75, 3.05) is 0 Å². The lowest BCUT2D eigenvalue weighted by Crippen LogP contribution is -2.44. The molecule has 7 nitrogen and oxygen atoms in total. The molecule has 6 heterocycles. The molecule has 49 heavy (non-hydrogen) atoms. The fraction of sp³-hybridized carbons (Fsp3) is 0.143. The molecular formula is C42H34N5O2+. The molecule has 0 radical (unpaired) electrons. The highest BCUT2D eigenvalue weighted by molar-refractivity contribution is 6.06. The van der Waals surface area contributed by atoms with Gasteiger partial charge in [-0.25, -0.2) is 0 Å². The van der Waals surface area contributed by atoms with Gasteiger partial charge in [0, 0.05) is 40.1 Å². The first-order valence-corrected chi connectivity index (χ1v) is 16.7. The minimum Gasteiger partial charge on any atom is -0.505 e. The van der Waals surface area contributed by atoms with Crippen molar-refractivity contribution >= 4 is 44.0 Å². The molecule has 0 fully saturated rings. The van der Waals surface area contributed by atoms with E-state index >= 15 is 0 Å². The van der Waals surface area contributed by atoms with Gasteiger partial charge in [-0.3, -0.25) is 4.40 Å². The van der Waals surface area contributed by atoms with Gasteiger partial charge in [-0.15, -0.1) is 0 Å². The Morgan fingerprint density at radius 3 is 2.20 bits per heavy atom. The molecule has 4 aromatic carbocycles. The highest BCUT2D eigenvalue weighted by Gasteiger charge is 2.49. The fourth-order valence-electron chi connectivity index (χ4n) is 8.11. The first kappa shape index (κ1) is 28.0. The van der Waals surface area contributed by atoms with Gasteiger partial charge < -0.3 is 18.8 Å². The number of ether oxygens (including phenoxy) is 1. The van der Waals surface area contributed by atoms with Crippen LogP contribution >= 0.6 is 0 Å². The number of nitrogens with zero attached hydrogens (tertiary/aromatic N) is 5. The number of imidazole rings is 1. The van der Waals surface area contributed by atoms with Crippen LogP contribution in [0.3, 0.4) is 0 Å². The zero-order valence-electron chi connectivity index (χ0n) is 27.7. The Balaban J connectivity index is 1.21. The molecule has 0 amide bonds. The van der Waals surface area contributed by atoms with E-state index in [1.54, 1.807) is 0 Å². The monoisotopic (exact) mass is 640 g/mol. The van der Waals surface area contributed by atoms with E-state index in [2.05, 4.69) is 125 Å². The van der Waals surface area contributed by atoms with Gasteiger partial charge in [0.2, 0.25) is 11.6 Å². The lowest BCUT2D eigenvalue weighted by atomic mass is 9.61. The molecule has 1 aliphatic rings. The van der Waals surface area contributed by atoms with Crippen LogP contribution in [0.5, 0.6) is 17.4 Å². The normalized spacial score (nSPS) is 14.9. The van der Waals surface area contributed by atoms with Gasteiger partial charge in [-0.2, -0.15) is 9.55 Å². The van der Waals surface area contributed by atoms with Gasteiger partial charge in [0.25, 0.3) is 0 Å². The van der Waals surface area contributed by atoms with Crippen LogP contribution in [0.1, 0.15) is 39.0 Å². The Morgan fingerprint density at radius 2 is 1.39 bits per heavy atom. The van der Waals surface area contributed by atoms with E-state index in [-0.39, 0.29) is 16.6 Å². The summed E-state index contributed by atoms with van der Waals surface area (Å²) >= 11 is 0. The number of aromatic nitrogens is 5. The van der Waals surface area contributed by atoms with E-state index in [1.807, 2.05) is 48.5 Å². The van der Waals surface area contributed by atoms with Crippen molar-refractivity contribution < 1.29 is 14.4 Å². The number of rotatable bonds is 4. The Bertz CT molecular complexity index is 2820. The zero-order valence-corrected chi connectivity index (χ0v) is 27.7. The minimum atomic E-state index is -0.376. The van der Waals surface area contributed by atoms with Gasteiger partial charge in [0.1, 0.15) is 11.3 Å². The summed E-state index contributed by atoms with van der Waals surface area (Å²) in [5.74, 6) is 1.46. The number of hydrogen-bond donors (Lipinski definition) is 1. The van der Waals surface area contributed by atoms with Crippen molar-refractivity contribution in [2.24, 2.45) is 0 Å². The molecule has 1 aliphatic heterocycles. The fourth-order valence-corrected chi connectivity index (χ4v) is 8.11. The van der Waals surface area contributed by atoms with Gasteiger partial charge in [0.15, 0.2) is 23.8 Å². The first-order chi connectivity index (χ1) is 23.8. The van der Waals surface area contributed by atoms with E-state index in [1.165, 1.54) is 5.56 Å². The predicted octanol–water partition coefficient (Wildman–Crippen LogP) is 9.18. The summed E-state index contributed by atoms with van der Waals surface area (Å²) in [5.41, 5.74) is 9.20. The Kier molecular flexibility index (Phi) is 5.43. The second-order valence-corrected chi connectivity index (χ2v) is 14.2. The minimum absolute atomic E-state index is 0.224. The number of fused-ring (bicyclic) bond motifs is 6. The van der Waals surface area contributed by atoms with Crippen molar-refractivity contribution in [3.05, 3.63) is 139 Å². The number of para-hydroxylation sites is 3. The number of aromatic hydroxyl groups is 1. The summed E-state index contributed by atoms with van der Waals surface area (Å²) in [4.78, 5) is 5.25. The van der Waals surface area contributed by atoms with Crippen LogP contribution in [-0.2, 0) is 10.8 Å². The van der Waals surface area contributed by atoms with Crippen LogP contribution in [0.2, 0.25) is 0 Å². The van der Waals surface area contributed by atoms with E-state index in [0.29, 0.717) is 22.8 Å². The Labute approximate surface area is 282 Å². The third-order valence-electron chi connectivity index (χ3n) is 11.2. The molecule has 0 saturated heterocycles. The van der Waals surface area contributed by atoms with Crippen LogP contribution in [0.4, 0.5) is 0 Å². The van der Waals surface area contributed by atoms with Gasteiger partial charge >= 0.3 is 0 Å².